The third-order valence-electron chi connectivity index (χ3n) is 3.78. The van der Waals surface area contributed by atoms with E-state index in [9.17, 15) is 4.79 Å². The highest BCUT2D eigenvalue weighted by Crippen LogP contribution is 2.23. The molecule has 0 saturated heterocycles. The normalized spacial score (nSPS) is 11.1. The quantitative estimate of drug-likeness (QED) is 0.532. The van der Waals surface area contributed by atoms with Gasteiger partial charge in [-0.1, -0.05) is 42.5 Å². The lowest BCUT2D eigenvalue weighted by Crippen LogP contribution is -2.06. The summed E-state index contributed by atoms with van der Waals surface area (Å²) in [4.78, 5) is 21.3. The first-order valence-electron chi connectivity index (χ1n) is 6.91. The van der Waals surface area contributed by atoms with Gasteiger partial charge in [0.2, 0.25) is 5.78 Å². The molecule has 0 amide bonds. The van der Waals surface area contributed by atoms with E-state index < -0.39 is 0 Å². The van der Waals surface area contributed by atoms with Gasteiger partial charge in [0.25, 0.3) is 0 Å². The van der Waals surface area contributed by atoms with E-state index in [1.807, 2.05) is 42.5 Å². The number of hydrogen-bond donors (Lipinski definition) is 0. The SMILES string of the molecule is Cn1ncc2c(C(=O)c3cccc4ccccc34)ncnc21. The van der Waals surface area contributed by atoms with Crippen LogP contribution in [0.25, 0.3) is 21.8 Å². The monoisotopic (exact) mass is 288 g/mol. The number of nitrogens with zero attached hydrogens (tertiary/aromatic N) is 4. The molecule has 0 aliphatic rings. The molecule has 2 aromatic heterocycles. The van der Waals surface area contributed by atoms with Crippen molar-refractivity contribution in [1.82, 2.24) is 19.7 Å². The van der Waals surface area contributed by atoms with E-state index in [1.54, 1.807) is 17.9 Å². The summed E-state index contributed by atoms with van der Waals surface area (Å²) in [6.45, 7) is 0. The van der Waals surface area contributed by atoms with Crippen molar-refractivity contribution in [3.8, 4) is 0 Å². The molecule has 0 aliphatic heterocycles. The Bertz CT molecular complexity index is 1010. The minimum absolute atomic E-state index is 0.114. The third kappa shape index (κ3) is 1.79. The van der Waals surface area contributed by atoms with Crippen molar-refractivity contribution >= 4 is 27.6 Å². The van der Waals surface area contributed by atoms with Crippen LogP contribution in [0.4, 0.5) is 0 Å². The first-order chi connectivity index (χ1) is 10.8. The molecule has 2 heterocycles. The molecule has 106 valence electrons. The van der Waals surface area contributed by atoms with Crippen LogP contribution >= 0.6 is 0 Å². The Balaban J connectivity index is 1.96. The number of carbonyl (C=O) groups is 1. The number of rotatable bonds is 2. The van der Waals surface area contributed by atoms with Crippen LogP contribution < -0.4 is 0 Å². The van der Waals surface area contributed by atoms with Crippen molar-refractivity contribution < 1.29 is 4.79 Å². The Morgan fingerprint density at radius 3 is 2.73 bits per heavy atom. The summed E-state index contributed by atoms with van der Waals surface area (Å²) < 4.78 is 1.64. The largest absolute Gasteiger partial charge is 0.287 e. The van der Waals surface area contributed by atoms with Crippen LogP contribution in [0.5, 0.6) is 0 Å². The fourth-order valence-electron chi connectivity index (χ4n) is 2.69. The number of ketones is 1. The van der Waals surface area contributed by atoms with Crippen LogP contribution in [0.3, 0.4) is 0 Å². The molecule has 4 aromatic rings. The maximum absolute atomic E-state index is 13.0. The second kappa shape index (κ2) is 4.73. The lowest BCUT2D eigenvalue weighted by Gasteiger charge is -2.06. The van der Waals surface area contributed by atoms with Crippen LogP contribution in [0.1, 0.15) is 16.1 Å². The Hall–Kier alpha value is -3.08. The van der Waals surface area contributed by atoms with Gasteiger partial charge >= 0.3 is 0 Å². The number of aryl methyl sites for hydroxylation is 1. The first-order valence-corrected chi connectivity index (χ1v) is 6.91. The zero-order chi connectivity index (χ0) is 15.1. The van der Waals surface area contributed by atoms with Gasteiger partial charge in [-0.25, -0.2) is 9.97 Å². The molecule has 0 bridgehead atoms. The molecular weight excluding hydrogens is 276 g/mol. The molecule has 0 saturated carbocycles. The highest BCUT2D eigenvalue weighted by Gasteiger charge is 2.18. The van der Waals surface area contributed by atoms with Gasteiger partial charge in [0.1, 0.15) is 12.0 Å². The summed E-state index contributed by atoms with van der Waals surface area (Å²) in [6.07, 6.45) is 3.04. The van der Waals surface area contributed by atoms with Crippen LogP contribution in [0.15, 0.2) is 55.0 Å². The van der Waals surface area contributed by atoms with Crippen LogP contribution in [-0.2, 0) is 7.05 Å². The van der Waals surface area contributed by atoms with Crippen molar-refractivity contribution in [2.75, 3.05) is 0 Å². The van der Waals surface area contributed by atoms with E-state index in [0.717, 1.165) is 10.8 Å². The second-order valence-corrected chi connectivity index (χ2v) is 5.08. The maximum atomic E-state index is 13.0. The topological polar surface area (TPSA) is 60.7 Å². The zero-order valence-corrected chi connectivity index (χ0v) is 11.9. The van der Waals surface area contributed by atoms with Gasteiger partial charge in [-0.05, 0) is 10.8 Å². The number of benzene rings is 2. The van der Waals surface area contributed by atoms with Crippen molar-refractivity contribution in [3.63, 3.8) is 0 Å². The lowest BCUT2D eigenvalue weighted by atomic mass is 9.99. The maximum Gasteiger partial charge on any atom is 0.212 e. The molecule has 2 aromatic carbocycles. The third-order valence-corrected chi connectivity index (χ3v) is 3.78. The smallest absolute Gasteiger partial charge is 0.212 e. The molecule has 0 atom stereocenters. The van der Waals surface area contributed by atoms with E-state index in [4.69, 9.17) is 0 Å². The minimum Gasteiger partial charge on any atom is -0.287 e. The molecule has 0 spiro atoms. The van der Waals surface area contributed by atoms with Gasteiger partial charge in [0.15, 0.2) is 5.65 Å². The average Bonchev–Trinajstić information content (AvgIpc) is 2.95. The van der Waals surface area contributed by atoms with Gasteiger partial charge in [-0.2, -0.15) is 5.10 Å². The molecule has 5 heteroatoms. The Morgan fingerprint density at radius 2 is 1.82 bits per heavy atom. The predicted molar refractivity (Wildman–Crippen MR) is 83.7 cm³/mol. The molecule has 0 N–H and O–H groups in total. The summed E-state index contributed by atoms with van der Waals surface area (Å²) in [7, 11) is 1.79. The number of aromatic nitrogens is 4. The molecule has 0 unspecified atom stereocenters. The van der Waals surface area contributed by atoms with Crippen molar-refractivity contribution in [2.45, 2.75) is 0 Å². The number of hydrogen-bond acceptors (Lipinski definition) is 4. The summed E-state index contributed by atoms with van der Waals surface area (Å²) >= 11 is 0. The zero-order valence-electron chi connectivity index (χ0n) is 11.9. The predicted octanol–water partition coefficient (Wildman–Crippen LogP) is 2.75. The Labute approximate surface area is 126 Å². The highest BCUT2D eigenvalue weighted by molar-refractivity contribution is 6.19. The van der Waals surface area contributed by atoms with Gasteiger partial charge in [-0.3, -0.25) is 9.48 Å². The van der Waals surface area contributed by atoms with E-state index >= 15 is 0 Å². The van der Waals surface area contributed by atoms with Crippen molar-refractivity contribution in [2.24, 2.45) is 7.05 Å². The summed E-state index contributed by atoms with van der Waals surface area (Å²) in [5, 5.41) is 6.78. The Kier molecular flexibility index (Phi) is 2.72. The minimum atomic E-state index is -0.114. The number of fused-ring (bicyclic) bond motifs is 2. The van der Waals surface area contributed by atoms with E-state index in [1.165, 1.54) is 6.33 Å². The number of carbonyl (C=O) groups excluding carboxylic acids is 1. The molecule has 0 radical (unpaired) electrons. The van der Waals surface area contributed by atoms with Gasteiger partial charge in [0.05, 0.1) is 11.6 Å². The van der Waals surface area contributed by atoms with Gasteiger partial charge in [0, 0.05) is 12.6 Å². The molecule has 0 aliphatic carbocycles. The standard InChI is InChI=1S/C17H12N4O/c1-21-17-14(9-20-21)15(18-10-19-17)16(22)13-8-4-6-11-5-2-3-7-12(11)13/h2-10H,1H3. The molecular formula is C17H12N4O. The molecule has 0 fully saturated rings. The van der Waals surface area contributed by atoms with Crippen molar-refractivity contribution in [3.05, 3.63) is 66.2 Å². The summed E-state index contributed by atoms with van der Waals surface area (Å²) in [5.74, 6) is -0.114. The summed E-state index contributed by atoms with van der Waals surface area (Å²) in [5.41, 5.74) is 1.68. The molecule has 4 rings (SSSR count). The van der Waals surface area contributed by atoms with Gasteiger partial charge in [-0.15, -0.1) is 0 Å². The van der Waals surface area contributed by atoms with Gasteiger partial charge < -0.3 is 0 Å². The van der Waals surface area contributed by atoms with E-state index in [2.05, 4.69) is 15.1 Å². The highest BCUT2D eigenvalue weighted by atomic mass is 16.1. The molecule has 5 nitrogen and oxygen atoms in total. The fraction of sp³-hybridized carbons (Fsp3) is 0.0588. The van der Waals surface area contributed by atoms with E-state index in [0.29, 0.717) is 22.3 Å². The Morgan fingerprint density at radius 1 is 1.00 bits per heavy atom. The van der Waals surface area contributed by atoms with Crippen LogP contribution in [0.2, 0.25) is 0 Å². The van der Waals surface area contributed by atoms with E-state index in [-0.39, 0.29) is 5.78 Å². The van der Waals surface area contributed by atoms with Crippen LogP contribution in [-0.4, -0.2) is 25.5 Å². The fourth-order valence-corrected chi connectivity index (χ4v) is 2.69. The average molecular weight is 288 g/mol. The lowest BCUT2D eigenvalue weighted by molar-refractivity contribution is 0.103. The van der Waals surface area contributed by atoms with Crippen LogP contribution in [0, 0.1) is 0 Å². The summed E-state index contributed by atoms with van der Waals surface area (Å²) in [6, 6.07) is 13.5. The first kappa shape index (κ1) is 12.6. The molecule has 22 heavy (non-hydrogen) atoms. The van der Waals surface area contributed by atoms with Crippen molar-refractivity contribution in [1.29, 1.82) is 0 Å². The second-order valence-electron chi connectivity index (χ2n) is 5.08.